The van der Waals surface area contributed by atoms with Gasteiger partial charge in [0.1, 0.15) is 12.4 Å². The van der Waals surface area contributed by atoms with E-state index in [9.17, 15) is 0 Å². The Balaban J connectivity index is 1.83. The van der Waals surface area contributed by atoms with Gasteiger partial charge in [-0.05, 0) is 39.3 Å². The maximum absolute atomic E-state index is 6.17. The average molecular weight is 371 g/mol. The van der Waals surface area contributed by atoms with Crippen molar-refractivity contribution in [2.75, 3.05) is 43.1 Å². The van der Waals surface area contributed by atoms with Gasteiger partial charge >= 0.3 is 0 Å². The molecule has 0 amide bonds. The van der Waals surface area contributed by atoms with E-state index in [2.05, 4.69) is 26.3 Å². The molecule has 0 spiro atoms. The van der Waals surface area contributed by atoms with E-state index < -0.39 is 0 Å². The third-order valence-electron chi connectivity index (χ3n) is 4.95. The first-order valence-electron chi connectivity index (χ1n) is 9.32. The van der Waals surface area contributed by atoms with Gasteiger partial charge in [-0.25, -0.2) is 4.98 Å². The molecule has 7 nitrogen and oxygen atoms in total. The molecule has 0 saturated carbocycles. The lowest BCUT2D eigenvalue weighted by Crippen LogP contribution is -2.37. The van der Waals surface area contributed by atoms with Gasteiger partial charge in [0.15, 0.2) is 5.76 Å². The Morgan fingerprint density at radius 1 is 1.30 bits per heavy atom. The zero-order chi connectivity index (χ0) is 19.4. The van der Waals surface area contributed by atoms with Gasteiger partial charge in [-0.2, -0.15) is 0 Å². The molecule has 1 fully saturated rings. The molecule has 2 aliphatic heterocycles. The van der Waals surface area contributed by atoms with Gasteiger partial charge in [-0.3, -0.25) is 4.99 Å². The van der Waals surface area contributed by atoms with Crippen LogP contribution in [0.1, 0.15) is 33.3 Å². The first kappa shape index (κ1) is 19.2. The summed E-state index contributed by atoms with van der Waals surface area (Å²) in [5.74, 6) is 1.61. The van der Waals surface area contributed by atoms with Crippen molar-refractivity contribution in [3.05, 3.63) is 40.6 Å². The van der Waals surface area contributed by atoms with E-state index in [0.29, 0.717) is 13.2 Å². The van der Waals surface area contributed by atoms with Crippen molar-refractivity contribution in [2.45, 2.75) is 34.3 Å². The van der Waals surface area contributed by atoms with Crippen molar-refractivity contribution < 1.29 is 9.47 Å². The molecule has 0 unspecified atom stereocenters. The number of allylic oxidation sites excluding steroid dienone is 3. The van der Waals surface area contributed by atoms with Crippen LogP contribution in [0.4, 0.5) is 11.5 Å². The molecule has 27 heavy (non-hydrogen) atoms. The lowest BCUT2D eigenvalue weighted by Gasteiger charge is -2.30. The third-order valence-corrected chi connectivity index (χ3v) is 4.95. The van der Waals surface area contributed by atoms with Crippen LogP contribution in [0.15, 0.2) is 40.0 Å². The molecule has 1 aromatic rings. The molecule has 3 rings (SSSR count). The molecule has 7 heteroatoms. The number of nitrogens with one attached hydrogen (secondary N) is 1. The number of aromatic nitrogens is 1. The molecule has 0 radical (unpaired) electrons. The average Bonchev–Trinajstić information content (AvgIpc) is 2.84. The minimum absolute atomic E-state index is 0.452. The minimum atomic E-state index is 0.452. The highest BCUT2D eigenvalue weighted by Crippen LogP contribution is 2.31. The molecule has 3 heterocycles. The SMILES string of the molecule is CC(=NC/C(C)=C(\C)N)C1=C(C)Nc2nccc(N3CCOCC3)c2CO1. The highest BCUT2D eigenvalue weighted by Gasteiger charge is 2.22. The number of fused-ring (bicyclic) bond motifs is 1. The van der Waals surface area contributed by atoms with Crippen molar-refractivity contribution >= 4 is 17.2 Å². The van der Waals surface area contributed by atoms with E-state index in [0.717, 1.165) is 71.8 Å². The largest absolute Gasteiger partial charge is 0.485 e. The molecule has 146 valence electrons. The number of rotatable bonds is 4. The van der Waals surface area contributed by atoms with E-state index in [1.807, 2.05) is 33.9 Å². The van der Waals surface area contributed by atoms with Gasteiger partial charge in [-0.1, -0.05) is 0 Å². The number of hydrogen-bond acceptors (Lipinski definition) is 7. The third kappa shape index (κ3) is 4.42. The second-order valence-electron chi connectivity index (χ2n) is 6.99. The van der Waals surface area contributed by atoms with Crippen molar-refractivity contribution in [3.63, 3.8) is 0 Å². The molecule has 0 aliphatic carbocycles. The quantitative estimate of drug-likeness (QED) is 0.792. The van der Waals surface area contributed by atoms with Crippen molar-refractivity contribution in [3.8, 4) is 0 Å². The molecular weight excluding hydrogens is 342 g/mol. The number of nitrogens with zero attached hydrogens (tertiary/aromatic N) is 3. The number of anilines is 2. The molecule has 0 bridgehead atoms. The summed E-state index contributed by atoms with van der Waals surface area (Å²) in [4.78, 5) is 11.5. The Labute approximate surface area is 161 Å². The maximum atomic E-state index is 6.17. The zero-order valence-corrected chi connectivity index (χ0v) is 16.6. The first-order valence-corrected chi connectivity index (χ1v) is 9.32. The topological polar surface area (TPSA) is 85.0 Å². The highest BCUT2D eigenvalue weighted by atomic mass is 16.5. The van der Waals surface area contributed by atoms with Gasteiger partial charge in [0.05, 0.1) is 36.7 Å². The second kappa shape index (κ2) is 8.43. The van der Waals surface area contributed by atoms with Gasteiger partial charge < -0.3 is 25.4 Å². The van der Waals surface area contributed by atoms with Gasteiger partial charge in [0.2, 0.25) is 0 Å². The summed E-state index contributed by atoms with van der Waals surface area (Å²) in [6.07, 6.45) is 1.84. The lowest BCUT2D eigenvalue weighted by atomic mass is 10.2. The van der Waals surface area contributed by atoms with Crippen LogP contribution < -0.4 is 16.0 Å². The Bertz CT molecular complexity index is 788. The molecular formula is C20H29N5O2. The summed E-state index contributed by atoms with van der Waals surface area (Å²) in [5.41, 5.74) is 11.7. The predicted octanol–water partition coefficient (Wildman–Crippen LogP) is 2.81. The van der Waals surface area contributed by atoms with E-state index in [4.69, 9.17) is 15.2 Å². The second-order valence-corrected chi connectivity index (χ2v) is 6.99. The maximum Gasteiger partial charge on any atom is 0.159 e. The standard InChI is InChI=1S/C20H29N5O2/c1-13(14(2)21)11-23-15(3)19-16(4)24-20-17(12-27-19)18(5-6-22-20)25-7-9-26-10-8-25/h5-6H,7-12,21H2,1-4H3,(H,22,24)/b14-13+,23-15?. The molecule has 0 aromatic carbocycles. The first-order chi connectivity index (χ1) is 13.0. The smallest absolute Gasteiger partial charge is 0.159 e. The van der Waals surface area contributed by atoms with Crippen LogP contribution in [0.5, 0.6) is 0 Å². The van der Waals surface area contributed by atoms with Gasteiger partial charge in [-0.15, -0.1) is 0 Å². The number of pyridine rings is 1. The fraction of sp³-hybridized carbons (Fsp3) is 0.500. The summed E-state index contributed by atoms with van der Waals surface area (Å²) in [7, 11) is 0. The molecule has 0 atom stereocenters. The van der Waals surface area contributed by atoms with Crippen LogP contribution in [0, 0.1) is 0 Å². The van der Waals surface area contributed by atoms with Crippen molar-refractivity contribution in [1.29, 1.82) is 0 Å². The van der Waals surface area contributed by atoms with Crippen LogP contribution in [0.25, 0.3) is 0 Å². The molecule has 1 aromatic heterocycles. The highest BCUT2D eigenvalue weighted by molar-refractivity contribution is 5.97. The van der Waals surface area contributed by atoms with Gasteiger partial charge in [0.25, 0.3) is 0 Å². The lowest BCUT2D eigenvalue weighted by molar-refractivity contribution is 0.122. The molecule has 2 aliphatic rings. The van der Waals surface area contributed by atoms with Crippen LogP contribution in [0.2, 0.25) is 0 Å². The summed E-state index contributed by atoms with van der Waals surface area (Å²) < 4.78 is 11.6. The fourth-order valence-electron chi connectivity index (χ4n) is 3.13. The number of nitrogens with two attached hydrogens (primary N) is 1. The normalized spacial score (nSPS) is 19.0. The van der Waals surface area contributed by atoms with E-state index in [-0.39, 0.29) is 0 Å². The number of ether oxygens (including phenoxy) is 2. The van der Waals surface area contributed by atoms with Crippen molar-refractivity contribution in [2.24, 2.45) is 10.7 Å². The zero-order valence-electron chi connectivity index (χ0n) is 16.6. The van der Waals surface area contributed by atoms with E-state index in [1.165, 1.54) is 0 Å². The summed E-state index contributed by atoms with van der Waals surface area (Å²) in [6, 6.07) is 2.05. The summed E-state index contributed by atoms with van der Waals surface area (Å²) >= 11 is 0. The Hall–Kier alpha value is -2.54. The minimum Gasteiger partial charge on any atom is -0.485 e. The number of morpholine rings is 1. The van der Waals surface area contributed by atoms with Gasteiger partial charge in [0, 0.05) is 30.7 Å². The Morgan fingerprint density at radius 2 is 2.04 bits per heavy atom. The summed E-state index contributed by atoms with van der Waals surface area (Å²) in [5, 5.41) is 3.41. The monoisotopic (exact) mass is 371 g/mol. The number of hydrogen-bond donors (Lipinski definition) is 2. The van der Waals surface area contributed by atoms with E-state index in [1.54, 1.807) is 0 Å². The predicted molar refractivity (Wildman–Crippen MR) is 109 cm³/mol. The van der Waals surface area contributed by atoms with E-state index >= 15 is 0 Å². The summed E-state index contributed by atoms with van der Waals surface area (Å²) in [6.45, 7) is 12.1. The Morgan fingerprint density at radius 3 is 2.74 bits per heavy atom. The fourth-order valence-corrected chi connectivity index (χ4v) is 3.13. The molecule has 3 N–H and O–H groups in total. The van der Waals surface area contributed by atoms with Crippen LogP contribution >= 0.6 is 0 Å². The Kier molecular flexibility index (Phi) is 6.01. The van der Waals surface area contributed by atoms with Crippen molar-refractivity contribution in [1.82, 2.24) is 4.98 Å². The van der Waals surface area contributed by atoms with Crippen LogP contribution in [0.3, 0.4) is 0 Å². The van der Waals surface area contributed by atoms with Crippen LogP contribution in [-0.2, 0) is 16.1 Å². The molecule has 1 saturated heterocycles. The number of aliphatic imine (C=N–C) groups is 1. The van der Waals surface area contributed by atoms with Crippen LogP contribution in [-0.4, -0.2) is 43.5 Å².